The number of carbonyl (C=O) groups excluding carboxylic acids is 3. The summed E-state index contributed by atoms with van der Waals surface area (Å²) in [4.78, 5) is 46.1. The zero-order valence-corrected chi connectivity index (χ0v) is 24.3. The van der Waals surface area contributed by atoms with Gasteiger partial charge in [0.25, 0.3) is 5.91 Å². The fourth-order valence-corrected chi connectivity index (χ4v) is 7.25. The molecule has 6 atom stereocenters. The maximum Gasteiger partial charge on any atom is 0.313 e. The van der Waals surface area contributed by atoms with Crippen LogP contribution in [0.15, 0.2) is 78.9 Å². The average molecular weight is 591 g/mol. The number of amides is 2. The summed E-state index contributed by atoms with van der Waals surface area (Å²) in [6.45, 7) is 1.92. The molecule has 4 aliphatic rings. The number of hydrogen-bond donors (Lipinski definition) is 1. The van der Waals surface area contributed by atoms with Gasteiger partial charge in [-0.3, -0.25) is 14.4 Å². The fourth-order valence-electron chi connectivity index (χ4n) is 7.12. The maximum atomic E-state index is 14.7. The van der Waals surface area contributed by atoms with Gasteiger partial charge in [-0.25, -0.2) is 0 Å². The van der Waals surface area contributed by atoms with Crippen molar-refractivity contribution in [3.05, 3.63) is 89.5 Å². The molecule has 6 rings (SSSR count). The number of ether oxygens (including phenoxy) is 2. The molecule has 0 radical (unpaired) electrons. The normalized spacial score (nSPS) is 32.5. The van der Waals surface area contributed by atoms with Crippen molar-refractivity contribution in [1.29, 1.82) is 0 Å². The Kier molecular flexibility index (Phi) is 7.72. The summed E-state index contributed by atoms with van der Waals surface area (Å²) in [6, 6.07) is 14.6. The molecule has 4 heterocycles. The molecule has 0 bridgehead atoms. The van der Waals surface area contributed by atoms with Crippen LogP contribution in [0.5, 0.6) is 0 Å². The van der Waals surface area contributed by atoms with E-state index in [1.165, 1.54) is 4.90 Å². The van der Waals surface area contributed by atoms with Crippen LogP contribution in [0, 0.1) is 11.8 Å². The predicted molar refractivity (Wildman–Crippen MR) is 158 cm³/mol. The monoisotopic (exact) mass is 590 g/mol. The van der Waals surface area contributed by atoms with Gasteiger partial charge < -0.3 is 24.4 Å². The van der Waals surface area contributed by atoms with Crippen molar-refractivity contribution in [2.24, 2.45) is 11.8 Å². The molecule has 8 nitrogen and oxygen atoms in total. The lowest BCUT2D eigenvalue weighted by Gasteiger charge is -2.40. The second-order valence-electron chi connectivity index (χ2n) is 11.7. The van der Waals surface area contributed by atoms with E-state index in [1.54, 1.807) is 42.2 Å². The van der Waals surface area contributed by atoms with Crippen LogP contribution in [-0.2, 0) is 30.3 Å². The number of allylic oxidation sites excluding steroid dienone is 1. The van der Waals surface area contributed by atoms with Crippen molar-refractivity contribution in [3.63, 3.8) is 0 Å². The van der Waals surface area contributed by atoms with E-state index >= 15 is 0 Å². The number of hydrogen-bond acceptors (Lipinski definition) is 6. The molecule has 2 aromatic rings. The van der Waals surface area contributed by atoms with Crippen molar-refractivity contribution >= 4 is 35.1 Å². The minimum atomic E-state index is -1.45. The second kappa shape index (κ2) is 11.3. The van der Waals surface area contributed by atoms with Crippen LogP contribution in [0.3, 0.4) is 0 Å². The highest BCUT2D eigenvalue weighted by atomic mass is 35.5. The number of benzene rings is 2. The fraction of sp³-hybridized carbons (Fsp3) is 0.424. The molecule has 42 heavy (non-hydrogen) atoms. The molecule has 1 spiro atoms. The lowest BCUT2D eigenvalue weighted by atomic mass is 9.74. The Morgan fingerprint density at radius 1 is 0.976 bits per heavy atom. The standard InChI is InChI=1S/C33H35ClN2O6/c1-32-16-7-2-3-8-19-41-31(40)27(32)26-29(38)36(25(21-37)20-22-10-5-4-6-11-22)28-30(39)35(18-9-17-33(26,28)42-32)24-14-12-23(34)13-15-24/h4-7,9-17,25-28,37H,2-3,8,18-21H2,1H3/b16-7-/t25-,26+,27-,28?,32+,33+/m1/s1. The number of aliphatic hydroxyl groups excluding tert-OH is 1. The van der Waals surface area contributed by atoms with Gasteiger partial charge in [-0.15, -0.1) is 0 Å². The van der Waals surface area contributed by atoms with Crippen LogP contribution < -0.4 is 4.90 Å². The van der Waals surface area contributed by atoms with E-state index < -0.39 is 47.0 Å². The van der Waals surface area contributed by atoms with Crippen LogP contribution in [0.25, 0.3) is 0 Å². The maximum absolute atomic E-state index is 14.7. The Labute approximate surface area is 250 Å². The van der Waals surface area contributed by atoms with Crippen LogP contribution in [-0.4, -0.2) is 70.8 Å². The molecule has 9 heteroatoms. The zero-order valence-electron chi connectivity index (χ0n) is 23.5. The van der Waals surface area contributed by atoms with Crippen molar-refractivity contribution in [2.75, 3.05) is 24.7 Å². The SMILES string of the molecule is C[C@]12/C=C\CCCCOC(=O)[C@H]1[C@H]1C(=O)N([C@@H](CO)Cc3ccccc3)C3C(=O)N(c4ccc(Cl)cc4)CC=C[C@@]31O2. The number of aliphatic hydroxyl groups is 1. The third kappa shape index (κ3) is 4.75. The molecule has 2 aromatic carbocycles. The second-order valence-corrected chi connectivity index (χ2v) is 12.1. The Balaban J connectivity index is 1.49. The summed E-state index contributed by atoms with van der Waals surface area (Å²) in [5.41, 5.74) is -1.09. The van der Waals surface area contributed by atoms with Gasteiger partial charge in [-0.05, 0) is 62.4 Å². The summed E-state index contributed by atoms with van der Waals surface area (Å²) in [7, 11) is 0. The number of rotatable bonds is 5. The molecule has 2 saturated heterocycles. The highest BCUT2D eigenvalue weighted by Crippen LogP contribution is 2.57. The summed E-state index contributed by atoms with van der Waals surface area (Å²) in [6.07, 6.45) is 10.2. The molecular formula is C33H35ClN2O6. The molecule has 2 fully saturated rings. The largest absolute Gasteiger partial charge is 0.465 e. The number of cyclic esters (lactones) is 1. The topological polar surface area (TPSA) is 96.4 Å². The first-order chi connectivity index (χ1) is 20.3. The number of esters is 1. The van der Waals surface area contributed by atoms with Gasteiger partial charge >= 0.3 is 5.97 Å². The third-order valence-electron chi connectivity index (χ3n) is 8.99. The van der Waals surface area contributed by atoms with Gasteiger partial charge in [0.1, 0.15) is 17.6 Å². The molecule has 0 aliphatic carbocycles. The van der Waals surface area contributed by atoms with E-state index in [4.69, 9.17) is 21.1 Å². The van der Waals surface area contributed by atoms with Crippen molar-refractivity contribution < 1.29 is 29.0 Å². The van der Waals surface area contributed by atoms with E-state index in [-0.39, 0.29) is 25.7 Å². The molecule has 4 aliphatic heterocycles. The number of carbonyl (C=O) groups is 3. The van der Waals surface area contributed by atoms with Crippen LogP contribution in [0.4, 0.5) is 5.69 Å². The average Bonchev–Trinajstić information content (AvgIpc) is 3.32. The number of nitrogens with zero attached hydrogens (tertiary/aromatic N) is 2. The van der Waals surface area contributed by atoms with Crippen LogP contribution in [0.2, 0.25) is 5.02 Å². The first-order valence-electron chi connectivity index (χ1n) is 14.6. The molecule has 0 saturated carbocycles. The minimum Gasteiger partial charge on any atom is -0.465 e. The Morgan fingerprint density at radius 3 is 2.48 bits per heavy atom. The van der Waals surface area contributed by atoms with E-state index in [0.717, 1.165) is 24.8 Å². The van der Waals surface area contributed by atoms with Crippen LogP contribution >= 0.6 is 11.6 Å². The summed E-state index contributed by atoms with van der Waals surface area (Å²) >= 11 is 6.14. The Morgan fingerprint density at radius 2 is 1.74 bits per heavy atom. The van der Waals surface area contributed by atoms with E-state index in [2.05, 4.69) is 0 Å². The number of fused-ring (bicyclic) bond motifs is 2. The quantitative estimate of drug-likeness (QED) is 0.416. The van der Waals surface area contributed by atoms with Crippen molar-refractivity contribution in [1.82, 2.24) is 4.90 Å². The van der Waals surface area contributed by atoms with Gasteiger partial charge in [-0.2, -0.15) is 0 Å². The first kappa shape index (κ1) is 28.6. The van der Waals surface area contributed by atoms with Crippen LogP contribution in [0.1, 0.15) is 31.7 Å². The zero-order chi connectivity index (χ0) is 29.5. The van der Waals surface area contributed by atoms with Gasteiger partial charge in [0.2, 0.25) is 5.91 Å². The molecular weight excluding hydrogens is 556 g/mol. The van der Waals surface area contributed by atoms with E-state index in [0.29, 0.717) is 17.1 Å². The lowest BCUT2D eigenvalue weighted by molar-refractivity contribution is -0.160. The van der Waals surface area contributed by atoms with Crippen molar-refractivity contribution in [2.45, 2.75) is 55.9 Å². The van der Waals surface area contributed by atoms with Gasteiger partial charge in [0.05, 0.1) is 30.8 Å². The Bertz CT molecular complexity index is 1410. The smallest absolute Gasteiger partial charge is 0.313 e. The summed E-state index contributed by atoms with van der Waals surface area (Å²) in [5.74, 6) is -3.25. The highest BCUT2D eigenvalue weighted by Gasteiger charge is 2.75. The molecule has 220 valence electrons. The summed E-state index contributed by atoms with van der Waals surface area (Å²) in [5, 5.41) is 11.2. The Hall–Kier alpha value is -3.46. The van der Waals surface area contributed by atoms with Gasteiger partial charge in [-0.1, -0.05) is 66.2 Å². The molecule has 1 unspecified atom stereocenters. The lowest BCUT2D eigenvalue weighted by Crippen LogP contribution is -2.59. The highest BCUT2D eigenvalue weighted by molar-refractivity contribution is 6.30. The van der Waals surface area contributed by atoms with E-state index in [9.17, 15) is 19.5 Å². The molecule has 1 N–H and O–H groups in total. The number of anilines is 1. The number of likely N-dealkylation sites (tertiary alicyclic amines) is 1. The van der Waals surface area contributed by atoms with Gasteiger partial charge in [0.15, 0.2) is 0 Å². The summed E-state index contributed by atoms with van der Waals surface area (Å²) < 4.78 is 12.6. The first-order valence-corrected chi connectivity index (χ1v) is 14.9. The molecule has 2 amide bonds. The van der Waals surface area contributed by atoms with E-state index in [1.807, 2.05) is 48.6 Å². The van der Waals surface area contributed by atoms with Crippen molar-refractivity contribution in [3.8, 4) is 0 Å². The number of halogens is 1. The minimum absolute atomic E-state index is 0.237. The van der Waals surface area contributed by atoms with Gasteiger partial charge in [0, 0.05) is 17.3 Å². The predicted octanol–water partition coefficient (Wildman–Crippen LogP) is 4.10. The molecule has 0 aromatic heterocycles. The third-order valence-corrected chi connectivity index (χ3v) is 9.25.